The molecule has 1 rings (SSSR count). The van der Waals surface area contributed by atoms with Crippen molar-refractivity contribution in [1.29, 1.82) is 0 Å². The molecule has 16 heavy (non-hydrogen) atoms. The van der Waals surface area contributed by atoms with Crippen LogP contribution in [0.5, 0.6) is 0 Å². The number of aliphatic imine (C=N–C) groups is 1. The van der Waals surface area contributed by atoms with E-state index in [1.54, 1.807) is 0 Å². The fraction of sp³-hybridized carbons (Fsp3) is 0.909. The maximum atomic E-state index is 5.44. The van der Waals surface area contributed by atoms with Gasteiger partial charge in [-0.05, 0) is 32.4 Å². The van der Waals surface area contributed by atoms with Crippen molar-refractivity contribution in [3.63, 3.8) is 0 Å². The zero-order valence-electron chi connectivity index (χ0n) is 10.5. The molecule has 0 spiro atoms. The molecule has 1 aliphatic heterocycles. The van der Waals surface area contributed by atoms with Gasteiger partial charge in [-0.3, -0.25) is 10.4 Å². The molecule has 0 bridgehead atoms. The molecule has 5 nitrogen and oxygen atoms in total. The largest absolute Gasteiger partial charge is 0.351 e. The summed E-state index contributed by atoms with van der Waals surface area (Å²) in [7, 11) is 0. The molecule has 0 radical (unpaired) electrons. The Morgan fingerprint density at radius 2 is 2.31 bits per heavy atom. The number of likely N-dealkylation sites (tertiary alicyclic amines) is 1. The Balaban J connectivity index is 2.38. The van der Waals surface area contributed by atoms with Crippen LogP contribution in [0.2, 0.25) is 0 Å². The van der Waals surface area contributed by atoms with Gasteiger partial charge in [-0.2, -0.15) is 0 Å². The van der Waals surface area contributed by atoms with Crippen molar-refractivity contribution in [3.05, 3.63) is 0 Å². The number of nitrogens with two attached hydrogens (primary N) is 1. The summed E-state index contributed by atoms with van der Waals surface area (Å²) in [6.07, 6.45) is 3.49. The summed E-state index contributed by atoms with van der Waals surface area (Å²) in [5.74, 6) is 6.17. The Labute approximate surface area is 98.4 Å². The van der Waals surface area contributed by atoms with Gasteiger partial charge in [0.05, 0.1) is 0 Å². The van der Waals surface area contributed by atoms with Crippen LogP contribution >= 0.6 is 0 Å². The highest BCUT2D eigenvalue weighted by atomic mass is 15.3. The molecule has 0 aromatic heterocycles. The van der Waals surface area contributed by atoms with E-state index >= 15 is 0 Å². The van der Waals surface area contributed by atoms with Crippen molar-refractivity contribution in [1.82, 2.24) is 15.6 Å². The fourth-order valence-corrected chi connectivity index (χ4v) is 2.01. The van der Waals surface area contributed by atoms with Crippen LogP contribution < -0.4 is 16.6 Å². The maximum Gasteiger partial charge on any atom is 0.205 e. The van der Waals surface area contributed by atoms with E-state index < -0.39 is 0 Å². The summed E-state index contributed by atoms with van der Waals surface area (Å²) < 4.78 is 0. The van der Waals surface area contributed by atoms with Crippen molar-refractivity contribution < 1.29 is 0 Å². The van der Waals surface area contributed by atoms with Crippen LogP contribution in [0.4, 0.5) is 0 Å². The highest BCUT2D eigenvalue weighted by molar-refractivity contribution is 5.79. The Morgan fingerprint density at radius 3 is 2.94 bits per heavy atom. The number of piperidine rings is 1. The van der Waals surface area contributed by atoms with Gasteiger partial charge >= 0.3 is 0 Å². The molecule has 4 N–H and O–H groups in total. The Bertz CT molecular complexity index is 216. The second kappa shape index (κ2) is 7.46. The van der Waals surface area contributed by atoms with E-state index in [4.69, 9.17) is 5.84 Å². The van der Waals surface area contributed by atoms with Crippen LogP contribution in [0.3, 0.4) is 0 Å². The minimum absolute atomic E-state index is 0.473. The van der Waals surface area contributed by atoms with E-state index in [2.05, 4.69) is 34.5 Å². The number of nitrogens with zero attached hydrogens (tertiary/aromatic N) is 2. The molecule has 0 saturated carbocycles. The molecule has 1 saturated heterocycles. The molecular weight excluding hydrogens is 202 g/mol. The van der Waals surface area contributed by atoms with Gasteiger partial charge in [-0.1, -0.05) is 13.8 Å². The zero-order chi connectivity index (χ0) is 11.8. The topological polar surface area (TPSA) is 65.7 Å². The molecule has 0 aliphatic carbocycles. The van der Waals surface area contributed by atoms with Crippen LogP contribution in [-0.2, 0) is 0 Å². The molecular formula is C11H25N5. The summed E-state index contributed by atoms with van der Waals surface area (Å²) in [4.78, 5) is 6.81. The van der Waals surface area contributed by atoms with E-state index in [0.717, 1.165) is 32.0 Å². The van der Waals surface area contributed by atoms with Crippen molar-refractivity contribution in [2.45, 2.75) is 39.2 Å². The summed E-state index contributed by atoms with van der Waals surface area (Å²) >= 11 is 0. The van der Waals surface area contributed by atoms with Gasteiger partial charge in [-0.15, -0.1) is 0 Å². The van der Waals surface area contributed by atoms with Crippen LogP contribution in [-0.4, -0.2) is 43.1 Å². The van der Waals surface area contributed by atoms with Gasteiger partial charge in [0.2, 0.25) is 5.96 Å². The van der Waals surface area contributed by atoms with Crippen molar-refractivity contribution in [2.24, 2.45) is 10.8 Å². The number of guanidine groups is 1. The lowest BCUT2D eigenvalue weighted by atomic mass is 10.1. The number of rotatable bonds is 4. The third-order valence-electron chi connectivity index (χ3n) is 2.92. The fourth-order valence-electron chi connectivity index (χ4n) is 2.01. The highest BCUT2D eigenvalue weighted by Gasteiger charge is 2.19. The van der Waals surface area contributed by atoms with Gasteiger partial charge in [-0.25, -0.2) is 5.84 Å². The lowest BCUT2D eigenvalue weighted by Crippen LogP contribution is -2.52. The van der Waals surface area contributed by atoms with Crippen LogP contribution in [0.15, 0.2) is 4.99 Å². The van der Waals surface area contributed by atoms with Crippen LogP contribution in [0.25, 0.3) is 0 Å². The Kier molecular flexibility index (Phi) is 6.18. The number of hydrazine groups is 1. The van der Waals surface area contributed by atoms with Gasteiger partial charge in [0.15, 0.2) is 0 Å². The first-order chi connectivity index (χ1) is 7.80. The van der Waals surface area contributed by atoms with Crippen molar-refractivity contribution in [3.8, 4) is 0 Å². The summed E-state index contributed by atoms with van der Waals surface area (Å²) in [5.41, 5.74) is 2.64. The molecule has 1 unspecified atom stereocenters. The summed E-state index contributed by atoms with van der Waals surface area (Å²) in [6.45, 7) is 8.55. The molecule has 1 fully saturated rings. The van der Waals surface area contributed by atoms with E-state index in [1.807, 2.05) is 0 Å². The predicted octanol–water partition coefficient (Wildman–Crippen LogP) is 0.290. The normalized spacial score (nSPS) is 23.2. The summed E-state index contributed by atoms with van der Waals surface area (Å²) in [6, 6.07) is 0.473. The van der Waals surface area contributed by atoms with Gasteiger partial charge in [0.1, 0.15) is 0 Å². The predicted molar refractivity (Wildman–Crippen MR) is 68.2 cm³/mol. The van der Waals surface area contributed by atoms with Gasteiger partial charge in [0.25, 0.3) is 0 Å². The Hall–Kier alpha value is -0.810. The average molecular weight is 227 g/mol. The van der Waals surface area contributed by atoms with E-state index in [0.29, 0.717) is 6.04 Å². The van der Waals surface area contributed by atoms with E-state index in [1.165, 1.54) is 19.4 Å². The molecule has 0 aromatic carbocycles. The first kappa shape index (κ1) is 13.3. The van der Waals surface area contributed by atoms with Gasteiger partial charge < -0.3 is 10.2 Å². The lowest BCUT2D eigenvalue weighted by molar-refractivity contribution is 0.209. The molecule has 0 amide bonds. The molecule has 1 atom stereocenters. The average Bonchev–Trinajstić information content (AvgIpc) is 2.34. The number of hydrogen-bond donors (Lipinski definition) is 3. The molecule has 1 heterocycles. The standard InChI is InChI=1S/C11H25N5/c1-3-7-13-11(15-12)14-10-6-5-8-16(4-2)9-10/h10H,3-9,12H2,1-2H3,(H2,13,14,15). The third kappa shape index (κ3) is 4.37. The first-order valence-electron chi connectivity index (χ1n) is 6.30. The quantitative estimate of drug-likeness (QED) is 0.279. The number of likely N-dealkylation sites (N-methyl/N-ethyl adjacent to an activating group) is 1. The summed E-state index contributed by atoms with van der Waals surface area (Å²) in [5, 5.41) is 3.38. The lowest BCUT2D eigenvalue weighted by Gasteiger charge is -2.32. The molecule has 5 heteroatoms. The van der Waals surface area contributed by atoms with E-state index in [9.17, 15) is 0 Å². The monoisotopic (exact) mass is 227 g/mol. The highest BCUT2D eigenvalue weighted by Crippen LogP contribution is 2.09. The number of nitrogens with one attached hydrogen (secondary N) is 2. The minimum Gasteiger partial charge on any atom is -0.351 e. The molecule has 1 aliphatic rings. The Morgan fingerprint density at radius 1 is 1.50 bits per heavy atom. The van der Waals surface area contributed by atoms with Crippen molar-refractivity contribution in [2.75, 3.05) is 26.2 Å². The van der Waals surface area contributed by atoms with Crippen LogP contribution in [0.1, 0.15) is 33.1 Å². The zero-order valence-corrected chi connectivity index (χ0v) is 10.5. The molecule has 0 aromatic rings. The second-order valence-electron chi connectivity index (χ2n) is 4.25. The van der Waals surface area contributed by atoms with Gasteiger partial charge in [0, 0.05) is 19.1 Å². The first-order valence-corrected chi connectivity index (χ1v) is 6.30. The third-order valence-corrected chi connectivity index (χ3v) is 2.92. The minimum atomic E-state index is 0.473. The van der Waals surface area contributed by atoms with E-state index in [-0.39, 0.29) is 0 Å². The smallest absolute Gasteiger partial charge is 0.205 e. The van der Waals surface area contributed by atoms with Crippen LogP contribution in [0, 0.1) is 0 Å². The maximum absolute atomic E-state index is 5.44. The number of hydrogen-bond acceptors (Lipinski definition) is 3. The SMILES string of the molecule is CCCN=C(NN)NC1CCCN(CC)C1. The molecule has 94 valence electrons. The van der Waals surface area contributed by atoms with Crippen molar-refractivity contribution >= 4 is 5.96 Å². The second-order valence-corrected chi connectivity index (χ2v) is 4.25.